The monoisotopic (exact) mass is 649 g/mol. The zero-order valence-corrected chi connectivity index (χ0v) is 27.2. The van der Waals surface area contributed by atoms with Gasteiger partial charge in [0.1, 0.15) is 24.1 Å². The van der Waals surface area contributed by atoms with Crippen molar-refractivity contribution in [1.82, 2.24) is 10.2 Å². The molecule has 43 heavy (non-hydrogen) atoms. The minimum Gasteiger partial charge on any atom is -0.497 e. The number of anilines is 1. The van der Waals surface area contributed by atoms with E-state index >= 15 is 0 Å². The maximum Gasteiger partial charge on any atom is 0.244 e. The molecule has 0 aromatic heterocycles. The molecule has 3 aromatic rings. The van der Waals surface area contributed by atoms with Crippen molar-refractivity contribution in [3.8, 4) is 11.5 Å². The minimum atomic E-state index is -4.01. The number of benzene rings is 3. The Hall–Kier alpha value is -3.47. The van der Waals surface area contributed by atoms with Crippen LogP contribution in [0, 0.1) is 5.92 Å². The smallest absolute Gasteiger partial charge is 0.244 e. The Morgan fingerprint density at radius 3 is 2.23 bits per heavy atom. The number of rotatable bonds is 14. The van der Waals surface area contributed by atoms with Crippen molar-refractivity contribution in [3.05, 3.63) is 87.9 Å². The molecule has 3 rings (SSSR count). The molecule has 3 aromatic carbocycles. The zero-order chi connectivity index (χ0) is 31.7. The highest BCUT2D eigenvalue weighted by molar-refractivity contribution is 7.92. The summed E-state index contributed by atoms with van der Waals surface area (Å²) in [6, 6.07) is 17.8. The summed E-state index contributed by atoms with van der Waals surface area (Å²) in [5.41, 5.74) is 1.48. The number of sulfonamides is 1. The third-order valence-electron chi connectivity index (χ3n) is 6.65. The molecule has 0 aliphatic rings. The van der Waals surface area contributed by atoms with Gasteiger partial charge in [-0.3, -0.25) is 13.9 Å². The Morgan fingerprint density at radius 1 is 0.953 bits per heavy atom. The summed E-state index contributed by atoms with van der Waals surface area (Å²) in [6.07, 6.45) is 1.18. The molecule has 0 heterocycles. The van der Waals surface area contributed by atoms with E-state index in [1.807, 2.05) is 44.2 Å². The van der Waals surface area contributed by atoms with Crippen LogP contribution in [-0.2, 0) is 32.6 Å². The number of hydrogen-bond acceptors (Lipinski definition) is 6. The van der Waals surface area contributed by atoms with Crippen LogP contribution in [0.4, 0.5) is 5.69 Å². The van der Waals surface area contributed by atoms with Crippen molar-refractivity contribution in [2.24, 2.45) is 5.92 Å². The molecule has 9 nitrogen and oxygen atoms in total. The summed E-state index contributed by atoms with van der Waals surface area (Å²) in [7, 11) is -1.16. The highest BCUT2D eigenvalue weighted by Crippen LogP contribution is 2.34. The fraction of sp³-hybridized carbons (Fsp3) is 0.355. The predicted octanol–water partition coefficient (Wildman–Crippen LogP) is 5.19. The molecule has 0 bridgehead atoms. The van der Waals surface area contributed by atoms with Crippen LogP contribution in [-0.4, -0.2) is 64.7 Å². The molecule has 0 aliphatic carbocycles. The number of carbonyl (C=O) groups excluding carboxylic acids is 2. The number of halogens is 2. The summed E-state index contributed by atoms with van der Waals surface area (Å²) < 4.78 is 37.9. The minimum absolute atomic E-state index is 0.0751. The number of amides is 2. The summed E-state index contributed by atoms with van der Waals surface area (Å²) in [5, 5.41) is 3.66. The molecular formula is C31H37Cl2N3O6S. The number of carbonyl (C=O) groups is 2. The summed E-state index contributed by atoms with van der Waals surface area (Å²) in [6.45, 7) is 3.64. The predicted molar refractivity (Wildman–Crippen MR) is 171 cm³/mol. The van der Waals surface area contributed by atoms with Gasteiger partial charge in [0.05, 0.1) is 26.2 Å². The van der Waals surface area contributed by atoms with E-state index in [4.69, 9.17) is 32.7 Å². The first-order valence-corrected chi connectivity index (χ1v) is 16.2. The molecule has 1 atom stereocenters. The largest absolute Gasteiger partial charge is 0.497 e. The van der Waals surface area contributed by atoms with E-state index in [2.05, 4.69) is 5.32 Å². The van der Waals surface area contributed by atoms with Gasteiger partial charge in [-0.25, -0.2) is 8.42 Å². The van der Waals surface area contributed by atoms with Crippen LogP contribution in [0.25, 0.3) is 0 Å². The Labute approximate surface area is 263 Å². The second-order valence-corrected chi connectivity index (χ2v) is 13.2. The maximum absolute atomic E-state index is 14.3. The van der Waals surface area contributed by atoms with Gasteiger partial charge in [0, 0.05) is 35.6 Å². The lowest BCUT2D eigenvalue weighted by Gasteiger charge is -2.34. The molecule has 0 aliphatic heterocycles. The van der Waals surface area contributed by atoms with E-state index < -0.39 is 28.5 Å². The van der Waals surface area contributed by atoms with Gasteiger partial charge < -0.3 is 19.7 Å². The molecule has 12 heteroatoms. The zero-order valence-electron chi connectivity index (χ0n) is 24.8. The van der Waals surface area contributed by atoms with Crippen LogP contribution in [0.15, 0.2) is 66.7 Å². The normalized spacial score (nSPS) is 12.0. The van der Waals surface area contributed by atoms with Gasteiger partial charge in [0.25, 0.3) is 0 Å². The van der Waals surface area contributed by atoms with Crippen molar-refractivity contribution in [2.45, 2.75) is 32.9 Å². The SMILES string of the molecule is COc1ccc(OC)c(N(CC(=O)N(Cc2ccc(Cl)cc2Cl)C(Cc2ccccc2)C(=O)NCC(C)C)S(C)(=O)=O)c1. The van der Waals surface area contributed by atoms with Gasteiger partial charge in [-0.15, -0.1) is 0 Å². The Balaban J connectivity index is 2.13. The Kier molecular flexibility index (Phi) is 12.1. The number of ether oxygens (including phenoxy) is 2. The lowest BCUT2D eigenvalue weighted by molar-refractivity contribution is -0.140. The first-order valence-electron chi connectivity index (χ1n) is 13.6. The lowest BCUT2D eigenvalue weighted by Crippen LogP contribution is -2.53. The van der Waals surface area contributed by atoms with Gasteiger partial charge in [-0.2, -0.15) is 0 Å². The maximum atomic E-state index is 14.3. The average Bonchev–Trinajstić information content (AvgIpc) is 2.96. The fourth-order valence-corrected chi connectivity index (χ4v) is 5.71. The van der Waals surface area contributed by atoms with Gasteiger partial charge in [-0.1, -0.05) is 73.4 Å². The highest BCUT2D eigenvalue weighted by Gasteiger charge is 2.34. The third kappa shape index (κ3) is 9.51. The van der Waals surface area contributed by atoms with Crippen LogP contribution in [0.3, 0.4) is 0 Å². The summed E-state index contributed by atoms with van der Waals surface area (Å²) in [4.78, 5) is 29.4. The average molecular weight is 651 g/mol. The van der Waals surface area contributed by atoms with E-state index in [9.17, 15) is 18.0 Å². The molecule has 0 saturated heterocycles. The van der Waals surface area contributed by atoms with Crippen LogP contribution in [0.1, 0.15) is 25.0 Å². The molecule has 232 valence electrons. The van der Waals surface area contributed by atoms with E-state index in [0.29, 0.717) is 27.9 Å². The molecule has 0 spiro atoms. The topological polar surface area (TPSA) is 105 Å². The highest BCUT2D eigenvalue weighted by atomic mass is 35.5. The van der Waals surface area contributed by atoms with Crippen LogP contribution in [0.2, 0.25) is 10.0 Å². The molecule has 2 amide bonds. The Bertz CT molecular complexity index is 1520. The van der Waals surface area contributed by atoms with Gasteiger partial charge in [-0.05, 0) is 41.3 Å². The number of hydrogen-bond donors (Lipinski definition) is 1. The van der Waals surface area contributed by atoms with E-state index in [0.717, 1.165) is 16.1 Å². The van der Waals surface area contributed by atoms with Crippen LogP contribution >= 0.6 is 23.2 Å². The molecule has 1 unspecified atom stereocenters. The first kappa shape index (κ1) is 34.0. The van der Waals surface area contributed by atoms with Crippen molar-refractivity contribution < 1.29 is 27.5 Å². The number of nitrogens with one attached hydrogen (secondary N) is 1. The lowest BCUT2D eigenvalue weighted by atomic mass is 10.0. The molecular weight excluding hydrogens is 613 g/mol. The number of methoxy groups -OCH3 is 2. The van der Waals surface area contributed by atoms with Gasteiger partial charge in [0.15, 0.2) is 0 Å². The summed E-state index contributed by atoms with van der Waals surface area (Å²) >= 11 is 12.6. The summed E-state index contributed by atoms with van der Waals surface area (Å²) in [5.74, 6) is -0.237. The van der Waals surface area contributed by atoms with Gasteiger partial charge in [0.2, 0.25) is 21.8 Å². The fourth-order valence-electron chi connectivity index (χ4n) is 4.40. The molecule has 1 N–H and O–H groups in total. The Morgan fingerprint density at radius 2 is 1.65 bits per heavy atom. The van der Waals surface area contributed by atoms with E-state index in [-0.39, 0.29) is 36.2 Å². The molecule has 0 saturated carbocycles. The van der Waals surface area contributed by atoms with Crippen molar-refractivity contribution in [3.63, 3.8) is 0 Å². The standard InChI is InChI=1S/C31H37Cl2N3O6S/c1-21(2)18-34-31(38)28(15-22-9-7-6-8-10-22)35(19-23-11-12-24(32)16-26(23)33)30(37)20-36(43(5,39)40)27-17-25(41-3)13-14-29(27)42-4/h6-14,16-17,21,28H,15,18-20H2,1-5H3,(H,34,38). The first-order chi connectivity index (χ1) is 20.3. The quantitative estimate of drug-likeness (QED) is 0.258. The van der Waals surface area contributed by atoms with E-state index in [1.165, 1.54) is 25.2 Å². The second-order valence-electron chi connectivity index (χ2n) is 10.4. The van der Waals surface area contributed by atoms with Crippen LogP contribution < -0.4 is 19.1 Å². The van der Waals surface area contributed by atoms with Crippen molar-refractivity contribution >= 4 is 50.7 Å². The third-order valence-corrected chi connectivity index (χ3v) is 8.36. The van der Waals surface area contributed by atoms with Crippen molar-refractivity contribution in [1.29, 1.82) is 0 Å². The van der Waals surface area contributed by atoms with E-state index in [1.54, 1.807) is 30.3 Å². The van der Waals surface area contributed by atoms with Crippen molar-refractivity contribution in [2.75, 3.05) is 37.9 Å². The van der Waals surface area contributed by atoms with Crippen LogP contribution in [0.5, 0.6) is 11.5 Å². The van der Waals surface area contributed by atoms with Gasteiger partial charge >= 0.3 is 0 Å². The molecule has 0 fully saturated rings. The second kappa shape index (κ2) is 15.3. The number of nitrogens with zero attached hydrogens (tertiary/aromatic N) is 2. The molecule has 0 radical (unpaired) electrons.